The molecule has 0 atom stereocenters. The van der Waals surface area contributed by atoms with Crippen molar-refractivity contribution in [3.8, 4) is 0 Å². The summed E-state index contributed by atoms with van der Waals surface area (Å²) in [5, 5.41) is 3.05. The third-order valence-corrected chi connectivity index (χ3v) is 1.96. The van der Waals surface area contributed by atoms with Crippen LogP contribution in [0.5, 0.6) is 0 Å². The van der Waals surface area contributed by atoms with Crippen LogP contribution in [-0.2, 0) is 4.79 Å². The van der Waals surface area contributed by atoms with Crippen LogP contribution in [0.15, 0.2) is 48.7 Å². The van der Waals surface area contributed by atoms with Crippen molar-refractivity contribution in [3.63, 3.8) is 0 Å². The Kier molecular flexibility index (Phi) is 2.74. The normalized spacial score (nSPS) is 9.60. The van der Waals surface area contributed by atoms with Gasteiger partial charge in [0.1, 0.15) is 5.82 Å². The zero-order valence-corrected chi connectivity index (χ0v) is 7.97. The van der Waals surface area contributed by atoms with Gasteiger partial charge in [0.05, 0.1) is 5.69 Å². The van der Waals surface area contributed by atoms with Gasteiger partial charge < -0.3 is 5.32 Å². The summed E-state index contributed by atoms with van der Waals surface area (Å²) in [6, 6.07) is 12.7. The summed E-state index contributed by atoms with van der Waals surface area (Å²) in [6.45, 7) is 0. The monoisotopic (exact) mass is 197 g/mol. The number of hydrogen-bond donors (Lipinski definition) is 1. The van der Waals surface area contributed by atoms with E-state index in [1.165, 1.54) is 0 Å². The molecule has 0 aliphatic heterocycles. The molecule has 3 heteroatoms. The summed E-state index contributed by atoms with van der Waals surface area (Å²) in [5.74, 6) is 0.709. The number of carbonyl (C=O) groups excluding carboxylic acids is 1. The van der Waals surface area contributed by atoms with E-state index in [2.05, 4.69) is 10.3 Å². The molecule has 0 saturated carbocycles. The summed E-state index contributed by atoms with van der Waals surface area (Å²) in [5.41, 5.74) is 1.22. The van der Waals surface area contributed by atoms with Gasteiger partial charge in [-0.05, 0) is 24.3 Å². The molecular weight excluding hydrogens is 188 g/mol. The molecule has 1 aromatic heterocycles. The van der Waals surface area contributed by atoms with Gasteiger partial charge in [0, 0.05) is 11.8 Å². The highest BCUT2D eigenvalue weighted by atomic mass is 16.1. The van der Waals surface area contributed by atoms with Gasteiger partial charge in [-0.3, -0.25) is 4.79 Å². The molecule has 1 aromatic carbocycles. The van der Waals surface area contributed by atoms with Crippen molar-refractivity contribution in [1.29, 1.82) is 0 Å². The highest BCUT2D eigenvalue weighted by Gasteiger charge is 2.01. The van der Waals surface area contributed by atoms with E-state index in [1.807, 2.05) is 36.6 Å². The van der Waals surface area contributed by atoms with Crippen LogP contribution in [0.3, 0.4) is 0 Å². The zero-order chi connectivity index (χ0) is 10.5. The second-order valence-electron chi connectivity index (χ2n) is 2.99. The fourth-order valence-corrected chi connectivity index (χ4v) is 1.26. The van der Waals surface area contributed by atoms with Gasteiger partial charge in [0.2, 0.25) is 6.29 Å². The van der Waals surface area contributed by atoms with Gasteiger partial charge >= 0.3 is 0 Å². The third kappa shape index (κ3) is 2.20. The first-order valence-corrected chi connectivity index (χ1v) is 4.55. The van der Waals surface area contributed by atoms with Gasteiger partial charge in [-0.15, -0.1) is 0 Å². The molecule has 3 nitrogen and oxygen atoms in total. The lowest BCUT2D eigenvalue weighted by Crippen LogP contribution is -1.96. The number of para-hydroxylation sites is 1. The first kappa shape index (κ1) is 9.40. The molecule has 2 aromatic rings. The number of anilines is 2. The zero-order valence-electron chi connectivity index (χ0n) is 7.97. The first-order chi connectivity index (χ1) is 7.40. The fourth-order valence-electron chi connectivity index (χ4n) is 1.26. The maximum Gasteiger partial charge on any atom is 0.235 e. The molecular formula is C12H9N2O. The SMILES string of the molecule is O=[C]c1ccccc1Nc1ccccn1. The van der Waals surface area contributed by atoms with E-state index in [0.29, 0.717) is 17.1 Å². The lowest BCUT2D eigenvalue weighted by atomic mass is 10.2. The van der Waals surface area contributed by atoms with Gasteiger partial charge in [-0.25, -0.2) is 4.98 Å². The molecule has 0 saturated heterocycles. The lowest BCUT2D eigenvalue weighted by Gasteiger charge is -2.06. The standard InChI is InChI=1S/C12H9N2O/c15-9-10-5-1-2-6-11(10)14-12-7-3-4-8-13-12/h1-8H,(H,13,14). The van der Waals surface area contributed by atoms with Crippen molar-refractivity contribution >= 4 is 17.8 Å². The Morgan fingerprint density at radius 1 is 1.07 bits per heavy atom. The van der Waals surface area contributed by atoms with Gasteiger partial charge in [0.25, 0.3) is 0 Å². The van der Waals surface area contributed by atoms with E-state index in [4.69, 9.17) is 0 Å². The summed E-state index contributed by atoms with van der Waals surface area (Å²) < 4.78 is 0. The van der Waals surface area contributed by atoms with E-state index in [0.717, 1.165) is 0 Å². The van der Waals surface area contributed by atoms with Crippen LogP contribution >= 0.6 is 0 Å². The summed E-state index contributed by atoms with van der Waals surface area (Å²) >= 11 is 0. The molecule has 0 bridgehead atoms. The number of nitrogens with one attached hydrogen (secondary N) is 1. The molecule has 2 rings (SSSR count). The molecule has 0 fully saturated rings. The molecule has 0 amide bonds. The van der Waals surface area contributed by atoms with Gasteiger partial charge in [0.15, 0.2) is 0 Å². The van der Waals surface area contributed by atoms with Crippen LogP contribution in [0.2, 0.25) is 0 Å². The predicted octanol–water partition coefficient (Wildman–Crippen LogP) is 2.28. The van der Waals surface area contributed by atoms with Gasteiger partial charge in [-0.2, -0.15) is 0 Å². The molecule has 0 aliphatic rings. The Morgan fingerprint density at radius 3 is 2.60 bits per heavy atom. The Balaban J connectivity index is 2.28. The molecule has 73 valence electrons. The number of aromatic nitrogens is 1. The van der Waals surface area contributed by atoms with Crippen molar-refractivity contribution in [2.24, 2.45) is 0 Å². The third-order valence-electron chi connectivity index (χ3n) is 1.96. The molecule has 0 spiro atoms. The number of nitrogens with zero attached hydrogens (tertiary/aromatic N) is 1. The molecule has 1 radical (unpaired) electrons. The Labute approximate surface area is 87.8 Å². The van der Waals surface area contributed by atoms with Crippen molar-refractivity contribution in [2.75, 3.05) is 5.32 Å². The van der Waals surface area contributed by atoms with Crippen LogP contribution < -0.4 is 5.32 Å². The second kappa shape index (κ2) is 4.37. The summed E-state index contributed by atoms with van der Waals surface area (Å²) in [6.07, 6.45) is 3.57. The minimum Gasteiger partial charge on any atom is -0.340 e. The second-order valence-corrected chi connectivity index (χ2v) is 2.99. The van der Waals surface area contributed by atoms with Crippen LogP contribution in [0.1, 0.15) is 5.56 Å². The van der Waals surface area contributed by atoms with Crippen molar-refractivity contribution < 1.29 is 4.79 Å². The predicted molar refractivity (Wildman–Crippen MR) is 58.8 cm³/mol. The van der Waals surface area contributed by atoms with E-state index in [9.17, 15) is 4.79 Å². The van der Waals surface area contributed by atoms with E-state index in [-0.39, 0.29) is 0 Å². The van der Waals surface area contributed by atoms with Crippen LogP contribution in [0.25, 0.3) is 0 Å². The number of hydrogen-bond acceptors (Lipinski definition) is 3. The maximum absolute atomic E-state index is 10.6. The largest absolute Gasteiger partial charge is 0.340 e. The number of pyridine rings is 1. The van der Waals surface area contributed by atoms with Crippen LogP contribution in [0.4, 0.5) is 11.5 Å². The average molecular weight is 197 g/mol. The quantitative estimate of drug-likeness (QED) is 0.820. The van der Waals surface area contributed by atoms with Crippen LogP contribution in [-0.4, -0.2) is 11.3 Å². The highest BCUT2D eigenvalue weighted by molar-refractivity contribution is 5.85. The van der Waals surface area contributed by atoms with Crippen molar-refractivity contribution in [2.45, 2.75) is 0 Å². The van der Waals surface area contributed by atoms with Gasteiger partial charge in [-0.1, -0.05) is 18.2 Å². The molecule has 15 heavy (non-hydrogen) atoms. The highest BCUT2D eigenvalue weighted by Crippen LogP contribution is 2.17. The lowest BCUT2D eigenvalue weighted by molar-refractivity contribution is 0.563. The van der Waals surface area contributed by atoms with Crippen molar-refractivity contribution in [3.05, 3.63) is 54.2 Å². The van der Waals surface area contributed by atoms with E-state index in [1.54, 1.807) is 18.3 Å². The topological polar surface area (TPSA) is 42.0 Å². The molecule has 0 unspecified atom stereocenters. The van der Waals surface area contributed by atoms with E-state index < -0.39 is 0 Å². The fraction of sp³-hybridized carbons (Fsp3) is 0. The maximum atomic E-state index is 10.6. The number of rotatable bonds is 3. The molecule has 1 N–H and O–H groups in total. The number of benzene rings is 1. The first-order valence-electron chi connectivity index (χ1n) is 4.55. The minimum atomic E-state index is 0.503. The summed E-state index contributed by atoms with van der Waals surface area (Å²) in [4.78, 5) is 14.7. The summed E-state index contributed by atoms with van der Waals surface area (Å²) in [7, 11) is 0. The van der Waals surface area contributed by atoms with Crippen molar-refractivity contribution in [1.82, 2.24) is 4.98 Å². The Hall–Kier alpha value is -2.16. The van der Waals surface area contributed by atoms with E-state index >= 15 is 0 Å². The minimum absolute atomic E-state index is 0.503. The molecule has 0 aliphatic carbocycles. The average Bonchev–Trinajstić information content (AvgIpc) is 2.31. The Morgan fingerprint density at radius 2 is 1.87 bits per heavy atom. The Bertz CT molecular complexity index is 454. The van der Waals surface area contributed by atoms with Crippen LogP contribution in [0, 0.1) is 0 Å². The smallest absolute Gasteiger partial charge is 0.235 e. The molecule has 1 heterocycles.